The van der Waals surface area contributed by atoms with Crippen LogP contribution in [0.5, 0.6) is 5.75 Å². The van der Waals surface area contributed by atoms with Crippen molar-refractivity contribution in [2.75, 3.05) is 7.11 Å². The van der Waals surface area contributed by atoms with Crippen LogP contribution in [-0.4, -0.2) is 22.8 Å². The number of hydrogen-bond acceptors (Lipinski definition) is 6. The molecular weight excluding hydrogens is 497 g/mol. The van der Waals surface area contributed by atoms with Gasteiger partial charge in [-0.15, -0.1) is 34.0 Å². The fraction of sp³-hybridized carbons (Fsp3) is 0.185. The zero-order chi connectivity index (χ0) is 24.9. The van der Waals surface area contributed by atoms with Gasteiger partial charge < -0.3 is 14.4 Å². The standard InChI is InChI=1S/C27H22N2O3S3/c1-27(2,3)29-19-12-22(15-5-7-17(32-4)8-6-15)34-24(19)25-20(29)13-23(35-25)21-10-9-18(33-21)11-16(14-28)26(30)31/h5-13H,1-4H3,(H,30,31)/b16-11+. The van der Waals surface area contributed by atoms with E-state index in [0.717, 1.165) is 20.4 Å². The number of benzene rings is 1. The maximum absolute atomic E-state index is 11.2. The Kier molecular flexibility index (Phi) is 5.80. The van der Waals surface area contributed by atoms with Crippen molar-refractivity contribution >= 4 is 66.5 Å². The van der Waals surface area contributed by atoms with Gasteiger partial charge in [0.15, 0.2) is 0 Å². The summed E-state index contributed by atoms with van der Waals surface area (Å²) in [6.07, 6.45) is 1.43. The summed E-state index contributed by atoms with van der Waals surface area (Å²) in [7, 11) is 1.67. The molecule has 1 aromatic carbocycles. The summed E-state index contributed by atoms with van der Waals surface area (Å²) in [4.78, 5) is 15.3. The number of carbonyl (C=O) groups is 1. The first-order valence-electron chi connectivity index (χ1n) is 10.9. The predicted molar refractivity (Wildman–Crippen MR) is 147 cm³/mol. The molecule has 0 aliphatic heterocycles. The summed E-state index contributed by atoms with van der Waals surface area (Å²) in [5.74, 6) is -0.369. The third kappa shape index (κ3) is 4.16. The lowest BCUT2D eigenvalue weighted by molar-refractivity contribution is -0.132. The van der Waals surface area contributed by atoms with E-state index < -0.39 is 5.97 Å². The zero-order valence-electron chi connectivity index (χ0n) is 19.6. The van der Waals surface area contributed by atoms with Gasteiger partial charge in [0.1, 0.15) is 17.4 Å². The lowest BCUT2D eigenvalue weighted by Gasteiger charge is -2.23. The second-order valence-electron chi connectivity index (χ2n) is 9.06. The van der Waals surface area contributed by atoms with Gasteiger partial charge in [-0.3, -0.25) is 0 Å². The van der Waals surface area contributed by atoms with Gasteiger partial charge in [0.2, 0.25) is 0 Å². The first-order valence-corrected chi connectivity index (χ1v) is 13.3. The van der Waals surface area contributed by atoms with Crippen molar-refractivity contribution in [3.05, 3.63) is 59.0 Å². The Bertz CT molecular complexity index is 1650. The summed E-state index contributed by atoms with van der Waals surface area (Å²) in [6.45, 7) is 6.66. The number of thiophene rings is 3. The Labute approximate surface area is 214 Å². The van der Waals surface area contributed by atoms with Gasteiger partial charge in [-0.05, 0) is 80.9 Å². The topological polar surface area (TPSA) is 75.2 Å². The second-order valence-corrected chi connectivity index (χ2v) is 12.3. The Morgan fingerprint density at radius 3 is 2.17 bits per heavy atom. The molecule has 1 N–H and O–H groups in total. The molecule has 0 unspecified atom stereocenters. The summed E-state index contributed by atoms with van der Waals surface area (Å²) < 4.78 is 10.2. The highest BCUT2D eigenvalue weighted by molar-refractivity contribution is 7.31. The van der Waals surface area contributed by atoms with Crippen LogP contribution in [-0.2, 0) is 10.3 Å². The van der Waals surface area contributed by atoms with Crippen molar-refractivity contribution in [1.82, 2.24) is 4.57 Å². The van der Waals surface area contributed by atoms with E-state index in [1.165, 1.54) is 48.3 Å². The molecule has 0 aliphatic carbocycles. The number of methoxy groups -OCH3 is 1. The molecule has 0 saturated carbocycles. The van der Waals surface area contributed by atoms with E-state index in [9.17, 15) is 4.79 Å². The Hall–Kier alpha value is -3.38. The van der Waals surface area contributed by atoms with E-state index in [4.69, 9.17) is 15.1 Å². The summed E-state index contributed by atoms with van der Waals surface area (Å²) in [5.41, 5.74) is 3.23. The third-order valence-corrected chi connectivity index (χ3v) is 9.36. The normalized spacial score (nSPS) is 12.4. The van der Waals surface area contributed by atoms with Crippen LogP contribution in [0.2, 0.25) is 0 Å². The second kappa shape index (κ2) is 8.68. The predicted octanol–water partition coefficient (Wildman–Crippen LogP) is 8.07. The van der Waals surface area contributed by atoms with E-state index in [1.807, 2.05) is 24.3 Å². The average molecular weight is 519 g/mol. The van der Waals surface area contributed by atoms with Gasteiger partial charge in [0.25, 0.3) is 0 Å². The molecule has 4 heterocycles. The van der Waals surface area contributed by atoms with E-state index >= 15 is 0 Å². The van der Waals surface area contributed by atoms with Gasteiger partial charge in [0.05, 0.1) is 27.5 Å². The van der Waals surface area contributed by atoms with Crippen molar-refractivity contribution in [1.29, 1.82) is 5.26 Å². The number of nitrogens with zero attached hydrogens (tertiary/aromatic N) is 2. The highest BCUT2D eigenvalue weighted by atomic mass is 32.1. The van der Waals surface area contributed by atoms with Crippen LogP contribution in [0.1, 0.15) is 25.6 Å². The summed E-state index contributed by atoms with van der Waals surface area (Å²) in [5, 5.41) is 18.2. The average Bonchev–Trinajstić information content (AvgIpc) is 3.57. The number of ether oxygens (including phenoxy) is 1. The van der Waals surface area contributed by atoms with Crippen LogP contribution in [0.4, 0.5) is 0 Å². The largest absolute Gasteiger partial charge is 0.497 e. The van der Waals surface area contributed by atoms with Gasteiger partial charge >= 0.3 is 5.97 Å². The number of aliphatic carboxylic acids is 1. The molecule has 0 saturated heterocycles. The molecule has 5 aromatic rings. The molecule has 0 aliphatic rings. The first-order chi connectivity index (χ1) is 16.7. The zero-order valence-corrected chi connectivity index (χ0v) is 22.0. The van der Waals surface area contributed by atoms with Crippen molar-refractivity contribution in [2.45, 2.75) is 26.3 Å². The smallest absolute Gasteiger partial charge is 0.346 e. The fourth-order valence-corrected chi connectivity index (χ4v) is 7.61. The maximum atomic E-state index is 11.2. The molecule has 0 spiro atoms. The molecule has 5 nitrogen and oxygen atoms in total. The summed E-state index contributed by atoms with van der Waals surface area (Å²) in [6, 6.07) is 18.3. The highest BCUT2D eigenvalue weighted by Gasteiger charge is 2.25. The number of fused-ring (bicyclic) bond motifs is 3. The van der Waals surface area contributed by atoms with E-state index in [0.29, 0.717) is 0 Å². The Morgan fingerprint density at radius 1 is 0.971 bits per heavy atom. The number of carboxylic acids is 1. The molecule has 0 bridgehead atoms. The minimum atomic E-state index is -1.21. The first kappa shape index (κ1) is 23.4. The van der Waals surface area contributed by atoms with E-state index in [2.05, 4.69) is 49.6 Å². The molecule has 0 fully saturated rings. The molecule has 0 radical (unpaired) electrons. The Balaban J connectivity index is 1.63. The molecule has 0 atom stereocenters. The van der Waals surface area contributed by atoms with Gasteiger partial charge in [0, 0.05) is 25.0 Å². The van der Waals surface area contributed by atoms with Crippen molar-refractivity contribution in [3.8, 4) is 32.0 Å². The minimum Gasteiger partial charge on any atom is -0.497 e. The fourth-order valence-electron chi connectivity index (χ4n) is 4.14. The van der Waals surface area contributed by atoms with Crippen LogP contribution in [0.15, 0.2) is 54.1 Å². The maximum Gasteiger partial charge on any atom is 0.346 e. The lowest BCUT2D eigenvalue weighted by atomic mass is 10.1. The van der Waals surface area contributed by atoms with Crippen molar-refractivity contribution in [3.63, 3.8) is 0 Å². The van der Waals surface area contributed by atoms with Crippen LogP contribution in [0.25, 0.3) is 46.7 Å². The number of hydrogen-bond donors (Lipinski definition) is 1. The van der Waals surface area contributed by atoms with Gasteiger partial charge in [-0.25, -0.2) is 4.79 Å². The van der Waals surface area contributed by atoms with Gasteiger partial charge in [-0.2, -0.15) is 5.26 Å². The van der Waals surface area contributed by atoms with Crippen LogP contribution in [0.3, 0.4) is 0 Å². The third-order valence-electron chi connectivity index (χ3n) is 5.67. The van der Waals surface area contributed by atoms with E-state index in [-0.39, 0.29) is 11.1 Å². The SMILES string of the molecule is COc1ccc(-c2cc3c(s2)c2sc(-c4ccc(/C=C(\C#N)C(=O)O)s4)cc2n3C(C)(C)C)cc1. The monoisotopic (exact) mass is 518 g/mol. The molecular formula is C27H22N2O3S3. The van der Waals surface area contributed by atoms with Gasteiger partial charge in [-0.1, -0.05) is 0 Å². The molecule has 5 rings (SSSR count). The highest BCUT2D eigenvalue weighted by Crippen LogP contribution is 2.48. The molecule has 0 amide bonds. The number of carboxylic acid groups (broad SMARTS) is 1. The van der Waals surface area contributed by atoms with Crippen LogP contribution < -0.4 is 4.74 Å². The van der Waals surface area contributed by atoms with Crippen LogP contribution >= 0.6 is 34.0 Å². The van der Waals surface area contributed by atoms with Crippen molar-refractivity contribution < 1.29 is 14.6 Å². The van der Waals surface area contributed by atoms with Crippen LogP contribution in [0, 0.1) is 11.3 Å². The lowest BCUT2D eigenvalue weighted by Crippen LogP contribution is -2.20. The molecule has 176 valence electrons. The quantitative estimate of drug-likeness (QED) is 0.189. The number of nitriles is 1. The number of aromatic nitrogens is 1. The molecule has 8 heteroatoms. The molecule has 4 aromatic heterocycles. The summed E-state index contributed by atoms with van der Waals surface area (Å²) >= 11 is 5.05. The van der Waals surface area contributed by atoms with E-state index in [1.54, 1.807) is 35.9 Å². The minimum absolute atomic E-state index is 0.108. The number of rotatable bonds is 5. The Morgan fingerprint density at radius 2 is 1.60 bits per heavy atom. The molecule has 35 heavy (non-hydrogen) atoms. The van der Waals surface area contributed by atoms with Crippen molar-refractivity contribution in [2.24, 2.45) is 0 Å².